The maximum atomic E-state index is 10.8. The predicted molar refractivity (Wildman–Crippen MR) is 32.4 cm³/mol. The van der Waals surface area contributed by atoms with Crippen LogP contribution in [-0.2, 0) is 0 Å². The molecule has 48 valence electrons. The number of furan rings is 2. The van der Waals surface area contributed by atoms with E-state index in [0.717, 1.165) is 0 Å². The van der Waals surface area contributed by atoms with E-state index in [0.29, 0.717) is 22.5 Å². The molecule has 0 atom stereocenters. The number of benzene rings is 1. The zero-order chi connectivity index (χ0) is 6.72. The molecule has 3 rings (SSSR count). The largest absolute Gasteiger partial charge is 0.452 e. The van der Waals surface area contributed by atoms with Gasteiger partial charge in [0.25, 0.3) is 0 Å². The van der Waals surface area contributed by atoms with Crippen LogP contribution in [0.5, 0.6) is 5.75 Å². The lowest BCUT2D eigenvalue weighted by Crippen LogP contribution is -1.98. The normalized spacial score (nSPS) is 15.0. The fourth-order valence-electron chi connectivity index (χ4n) is 1.24. The molecule has 2 bridgehead atoms. The van der Waals surface area contributed by atoms with E-state index in [1.165, 1.54) is 0 Å². The summed E-state index contributed by atoms with van der Waals surface area (Å²) in [7, 11) is 0. The monoisotopic (exact) mass is 134 g/mol. The maximum absolute atomic E-state index is 10.8. The average Bonchev–Trinajstić information content (AvgIpc) is 2.44. The predicted octanol–water partition coefficient (Wildman–Crippen LogP) is 1.40. The quantitative estimate of drug-likeness (QED) is 0.511. The van der Waals surface area contributed by atoms with Crippen LogP contribution in [0.25, 0.3) is 11.2 Å². The molecule has 3 heteroatoms. The molecule has 0 amide bonds. The summed E-state index contributed by atoms with van der Waals surface area (Å²) in [5, 5.41) is 0. The molecule has 10 heavy (non-hydrogen) atoms. The summed E-state index contributed by atoms with van der Waals surface area (Å²) in [5.41, 5.74) is 1.87. The second-order valence-electron chi connectivity index (χ2n) is 2.29. The molecular weight excluding hydrogens is 132 g/mol. The Morgan fingerprint density at radius 3 is 2.80 bits per heavy atom. The molecule has 0 radical (unpaired) electrons. The van der Waals surface area contributed by atoms with E-state index in [9.17, 15) is 4.79 Å². The van der Waals surface area contributed by atoms with Crippen molar-refractivity contribution in [3.05, 3.63) is 17.7 Å². The highest BCUT2D eigenvalue weighted by molar-refractivity contribution is 6.07. The number of fused-ring (bicyclic) bond motifs is 1. The Morgan fingerprint density at radius 1 is 1.30 bits per heavy atom. The Bertz CT molecular complexity index is 413. The Morgan fingerprint density at radius 2 is 2.20 bits per heavy atom. The van der Waals surface area contributed by atoms with E-state index in [-0.39, 0.29) is 5.97 Å². The zero-order valence-corrected chi connectivity index (χ0v) is 4.88. The van der Waals surface area contributed by atoms with Crippen LogP contribution in [0, 0.1) is 0 Å². The minimum atomic E-state index is -0.297. The van der Waals surface area contributed by atoms with Crippen LogP contribution in [0.2, 0.25) is 0 Å². The van der Waals surface area contributed by atoms with Gasteiger partial charge >= 0.3 is 5.97 Å². The van der Waals surface area contributed by atoms with Crippen LogP contribution in [-0.4, -0.2) is 5.97 Å². The number of ether oxygens (including phenoxy) is 1. The second kappa shape index (κ2) is 1.03. The lowest BCUT2D eigenvalue weighted by Gasteiger charge is -1.84. The van der Waals surface area contributed by atoms with Crippen molar-refractivity contribution in [1.29, 1.82) is 0 Å². The van der Waals surface area contributed by atoms with Gasteiger partial charge in [0.15, 0.2) is 11.3 Å². The molecule has 0 saturated heterocycles. The summed E-state index contributed by atoms with van der Waals surface area (Å²) in [4.78, 5) is 10.8. The third kappa shape index (κ3) is 0.279. The van der Waals surface area contributed by atoms with Crippen molar-refractivity contribution < 1.29 is 13.9 Å². The fourth-order valence-corrected chi connectivity index (χ4v) is 1.24. The van der Waals surface area contributed by atoms with Crippen LogP contribution in [0.3, 0.4) is 0 Å². The maximum Gasteiger partial charge on any atom is 0.347 e. The van der Waals surface area contributed by atoms with Crippen molar-refractivity contribution in [2.24, 2.45) is 0 Å². The first-order chi connectivity index (χ1) is 4.84. The van der Waals surface area contributed by atoms with E-state index in [1.54, 1.807) is 12.1 Å². The number of carbonyl (C=O) groups is 1. The van der Waals surface area contributed by atoms with Crippen molar-refractivity contribution in [2.75, 3.05) is 0 Å². The molecule has 0 aromatic carbocycles. The molecule has 3 heterocycles. The van der Waals surface area contributed by atoms with Gasteiger partial charge in [-0.1, -0.05) is 0 Å². The van der Waals surface area contributed by atoms with Crippen LogP contribution in [0.15, 0.2) is 16.5 Å². The third-order valence-corrected chi connectivity index (χ3v) is 1.67. The van der Waals surface area contributed by atoms with Gasteiger partial charge in [0, 0.05) is 6.07 Å². The summed E-state index contributed by atoms with van der Waals surface area (Å²) in [6.45, 7) is 0. The van der Waals surface area contributed by atoms with Crippen molar-refractivity contribution in [2.45, 2.75) is 0 Å². The van der Waals surface area contributed by atoms with E-state index < -0.39 is 0 Å². The van der Waals surface area contributed by atoms with E-state index in [4.69, 9.17) is 9.15 Å². The smallest absolute Gasteiger partial charge is 0.347 e. The molecule has 0 spiro atoms. The molecular formula is C7H2O3. The highest BCUT2D eigenvalue weighted by atomic mass is 16.6. The average molecular weight is 134 g/mol. The molecule has 0 unspecified atom stereocenters. The Balaban J connectivity index is 2.64. The lowest BCUT2D eigenvalue weighted by atomic mass is 10.2. The SMILES string of the molecule is O=C1Oc2cc3cc1c2o3. The third-order valence-electron chi connectivity index (χ3n) is 1.67. The van der Waals surface area contributed by atoms with Crippen molar-refractivity contribution in [3.8, 4) is 5.75 Å². The number of hydrogen-bond donors (Lipinski definition) is 0. The molecule has 0 N–H and O–H groups in total. The zero-order valence-electron chi connectivity index (χ0n) is 4.88. The number of esters is 1. The van der Waals surface area contributed by atoms with Gasteiger partial charge < -0.3 is 9.15 Å². The summed E-state index contributed by atoms with van der Waals surface area (Å²) in [6.07, 6.45) is 0. The second-order valence-corrected chi connectivity index (χ2v) is 2.29. The Kier molecular flexibility index (Phi) is 0.446. The number of rotatable bonds is 0. The molecule has 3 nitrogen and oxygen atoms in total. The van der Waals surface area contributed by atoms with E-state index >= 15 is 0 Å². The molecule has 1 aliphatic heterocycles. The highest BCUT2D eigenvalue weighted by Gasteiger charge is 2.29. The first-order valence-corrected chi connectivity index (χ1v) is 2.93. The van der Waals surface area contributed by atoms with Crippen LogP contribution < -0.4 is 4.74 Å². The lowest BCUT2D eigenvalue weighted by molar-refractivity contribution is 0.0755. The molecule has 2 aromatic heterocycles. The van der Waals surface area contributed by atoms with Crippen molar-refractivity contribution in [3.63, 3.8) is 0 Å². The summed E-state index contributed by atoms with van der Waals surface area (Å²) >= 11 is 0. The van der Waals surface area contributed by atoms with Gasteiger partial charge in [-0.25, -0.2) is 4.79 Å². The minimum absolute atomic E-state index is 0.297. The van der Waals surface area contributed by atoms with Gasteiger partial charge in [-0.2, -0.15) is 0 Å². The molecule has 0 saturated carbocycles. The summed E-state index contributed by atoms with van der Waals surface area (Å²) in [6, 6.07) is 3.40. The Labute approximate surface area is 55.5 Å². The van der Waals surface area contributed by atoms with Crippen molar-refractivity contribution in [1.82, 2.24) is 0 Å². The summed E-state index contributed by atoms with van der Waals surface area (Å²) < 4.78 is 9.94. The molecule has 2 aromatic rings. The standard InChI is InChI=1S/C7H2O3/c8-7-4-1-3-2-5(10-7)6(4)9-3/h1-2H. The molecule has 0 fully saturated rings. The Hall–Kier alpha value is -1.51. The van der Waals surface area contributed by atoms with Crippen LogP contribution >= 0.6 is 0 Å². The van der Waals surface area contributed by atoms with Gasteiger partial charge in [-0.3, -0.25) is 0 Å². The van der Waals surface area contributed by atoms with Crippen LogP contribution in [0.4, 0.5) is 0 Å². The highest BCUT2D eigenvalue weighted by Crippen LogP contribution is 2.38. The topological polar surface area (TPSA) is 39.4 Å². The van der Waals surface area contributed by atoms with Gasteiger partial charge in [0.2, 0.25) is 0 Å². The van der Waals surface area contributed by atoms with Gasteiger partial charge in [0.1, 0.15) is 11.1 Å². The van der Waals surface area contributed by atoms with Crippen LogP contribution in [0.1, 0.15) is 10.4 Å². The van der Waals surface area contributed by atoms with Gasteiger partial charge in [-0.05, 0) is 6.07 Å². The molecule has 0 aliphatic carbocycles. The first-order valence-electron chi connectivity index (χ1n) is 2.93. The van der Waals surface area contributed by atoms with Crippen molar-refractivity contribution >= 4 is 17.1 Å². The molecule has 1 aliphatic rings. The number of carbonyl (C=O) groups excluding carboxylic acids is 1. The minimum Gasteiger partial charge on any atom is -0.452 e. The van der Waals surface area contributed by atoms with E-state index in [1.807, 2.05) is 0 Å². The fraction of sp³-hybridized carbons (Fsp3) is 0. The van der Waals surface area contributed by atoms with Gasteiger partial charge in [-0.15, -0.1) is 0 Å². The summed E-state index contributed by atoms with van der Waals surface area (Å²) in [5.74, 6) is 0.270. The number of hydrogen-bond acceptors (Lipinski definition) is 3. The first kappa shape index (κ1) is 4.33. The van der Waals surface area contributed by atoms with Gasteiger partial charge in [0.05, 0.1) is 0 Å². The van der Waals surface area contributed by atoms with E-state index in [2.05, 4.69) is 0 Å².